The topological polar surface area (TPSA) is 152 Å². The number of nitrogens with zero attached hydrogens (tertiary/aromatic N) is 4. The Morgan fingerprint density at radius 3 is 2.96 bits per heavy atom. The van der Waals surface area contributed by atoms with Crippen LogP contribution in [0.4, 0.5) is 0 Å². The van der Waals surface area contributed by atoms with E-state index in [0.717, 1.165) is 4.57 Å². The van der Waals surface area contributed by atoms with Gasteiger partial charge < -0.3 is 19.4 Å². The molecule has 1 aromatic heterocycles. The molecule has 1 aliphatic heterocycles. The van der Waals surface area contributed by atoms with Crippen molar-refractivity contribution < 1.29 is 19.4 Å². The minimum Gasteiger partial charge on any atom is -0.390 e. The number of alkyl halides is 1. The second-order valence-electron chi connectivity index (χ2n) is 4.84. The molecular formula is C11H14BrN5O6. The van der Waals surface area contributed by atoms with E-state index in [2.05, 4.69) is 31.1 Å². The summed E-state index contributed by atoms with van der Waals surface area (Å²) in [6.45, 7) is 1.53. The summed E-state index contributed by atoms with van der Waals surface area (Å²) in [5.41, 5.74) is 7.47. The van der Waals surface area contributed by atoms with Crippen LogP contribution in [0.3, 0.4) is 0 Å². The molecule has 0 spiro atoms. The van der Waals surface area contributed by atoms with Crippen molar-refractivity contribution in [2.24, 2.45) is 5.28 Å². The van der Waals surface area contributed by atoms with Gasteiger partial charge in [0.1, 0.15) is 11.5 Å². The summed E-state index contributed by atoms with van der Waals surface area (Å²) >= 11 is 3.06. The van der Waals surface area contributed by atoms with Crippen LogP contribution in [-0.4, -0.2) is 38.7 Å². The number of H-pyrrole nitrogens is 1. The number of hydrogen-bond donors (Lipinski definition) is 2. The van der Waals surface area contributed by atoms with Crippen LogP contribution < -0.4 is 11.2 Å². The Labute approximate surface area is 137 Å². The number of aromatic nitrogens is 2. The van der Waals surface area contributed by atoms with E-state index >= 15 is 0 Å². The van der Waals surface area contributed by atoms with E-state index in [-0.39, 0.29) is 6.42 Å². The molecule has 1 fully saturated rings. The van der Waals surface area contributed by atoms with Gasteiger partial charge in [0.25, 0.3) is 5.56 Å². The highest BCUT2D eigenvalue weighted by molar-refractivity contribution is 9.10. The summed E-state index contributed by atoms with van der Waals surface area (Å²) in [6.07, 6.45) is -1.68. The van der Waals surface area contributed by atoms with Crippen molar-refractivity contribution >= 4 is 15.9 Å². The first-order chi connectivity index (χ1) is 10.8. The van der Waals surface area contributed by atoms with Gasteiger partial charge in [-0.05, 0) is 28.4 Å². The maximum atomic E-state index is 11.9. The predicted octanol–water partition coefficient (Wildman–Crippen LogP) is 0.430. The molecule has 11 nitrogen and oxygen atoms in total. The van der Waals surface area contributed by atoms with Crippen LogP contribution in [0.25, 0.3) is 10.4 Å². The number of rotatable bonds is 5. The number of nitrogens with one attached hydrogen (secondary N) is 1. The Bertz CT molecular complexity index is 743. The second-order valence-corrected chi connectivity index (χ2v) is 5.95. The van der Waals surface area contributed by atoms with Gasteiger partial charge in [0.15, 0.2) is 6.10 Å². The molecule has 2 N–H and O–H groups in total. The van der Waals surface area contributed by atoms with Crippen LogP contribution in [0.15, 0.2) is 21.1 Å². The average Bonchev–Trinajstić information content (AvgIpc) is 2.91. The first-order valence-electron chi connectivity index (χ1n) is 6.44. The third kappa shape index (κ3) is 3.41. The minimum absolute atomic E-state index is 0.0341. The van der Waals surface area contributed by atoms with Crippen LogP contribution in [0.1, 0.15) is 18.2 Å². The SMILES string of the molecule is COC(Br)(ON=[N+]=[N-])[C@H]1O[C@@H](n2cc(C)c(=O)[nH]c2=O)C[C@@H]1O. The van der Waals surface area contributed by atoms with Gasteiger partial charge in [0, 0.05) is 30.2 Å². The monoisotopic (exact) mass is 391 g/mol. The van der Waals surface area contributed by atoms with Crippen molar-refractivity contribution in [1.82, 2.24) is 9.55 Å². The van der Waals surface area contributed by atoms with Gasteiger partial charge >= 0.3 is 10.4 Å². The van der Waals surface area contributed by atoms with Crippen LogP contribution in [0.2, 0.25) is 0 Å². The van der Waals surface area contributed by atoms with Gasteiger partial charge in [-0.15, -0.1) is 0 Å². The van der Waals surface area contributed by atoms with E-state index in [4.69, 9.17) is 19.8 Å². The molecule has 1 unspecified atom stereocenters. The molecule has 23 heavy (non-hydrogen) atoms. The summed E-state index contributed by atoms with van der Waals surface area (Å²) in [5.74, 6) is 0. The summed E-state index contributed by atoms with van der Waals surface area (Å²) in [5, 5.41) is 13.1. The molecule has 4 atom stereocenters. The van der Waals surface area contributed by atoms with Gasteiger partial charge in [-0.3, -0.25) is 14.3 Å². The van der Waals surface area contributed by atoms with Gasteiger partial charge in [0.05, 0.1) is 6.10 Å². The van der Waals surface area contributed by atoms with E-state index in [0.29, 0.717) is 5.56 Å². The maximum Gasteiger partial charge on any atom is 0.330 e. The lowest BCUT2D eigenvalue weighted by atomic mass is 10.1. The molecule has 0 aromatic carbocycles. The van der Waals surface area contributed by atoms with E-state index in [9.17, 15) is 14.7 Å². The highest BCUT2D eigenvalue weighted by Crippen LogP contribution is 2.39. The van der Waals surface area contributed by atoms with Gasteiger partial charge in [-0.25, -0.2) is 4.79 Å². The molecular weight excluding hydrogens is 378 g/mol. The van der Waals surface area contributed by atoms with E-state index in [1.165, 1.54) is 20.2 Å². The minimum atomic E-state index is -1.73. The molecule has 0 radical (unpaired) electrons. The predicted molar refractivity (Wildman–Crippen MR) is 79.5 cm³/mol. The Morgan fingerprint density at radius 2 is 2.35 bits per heavy atom. The van der Waals surface area contributed by atoms with Gasteiger partial charge in [-0.2, -0.15) is 0 Å². The van der Waals surface area contributed by atoms with Crippen molar-refractivity contribution in [3.63, 3.8) is 0 Å². The first kappa shape index (κ1) is 17.5. The smallest absolute Gasteiger partial charge is 0.330 e. The maximum absolute atomic E-state index is 11.9. The average molecular weight is 392 g/mol. The molecule has 0 saturated carbocycles. The molecule has 1 aliphatic rings. The molecule has 1 aromatic rings. The van der Waals surface area contributed by atoms with Crippen LogP contribution in [-0.2, 0) is 14.3 Å². The summed E-state index contributed by atoms with van der Waals surface area (Å²) < 4.78 is 10.1. The fourth-order valence-corrected chi connectivity index (χ4v) is 2.69. The van der Waals surface area contributed by atoms with Crippen LogP contribution >= 0.6 is 15.9 Å². The molecule has 0 bridgehead atoms. The summed E-state index contributed by atoms with van der Waals surface area (Å²) in [6, 6.07) is 0. The highest BCUT2D eigenvalue weighted by Gasteiger charge is 2.51. The molecule has 126 valence electrons. The van der Waals surface area contributed by atoms with E-state index in [1.54, 1.807) is 0 Å². The van der Waals surface area contributed by atoms with Crippen molar-refractivity contribution in [3.8, 4) is 0 Å². The summed E-state index contributed by atoms with van der Waals surface area (Å²) in [7, 11) is 1.25. The number of aliphatic hydroxyl groups is 1. The summed E-state index contributed by atoms with van der Waals surface area (Å²) in [4.78, 5) is 32.7. The number of methoxy groups -OCH3 is 1. The molecule has 1 saturated heterocycles. The zero-order chi connectivity index (χ0) is 17.2. The normalized spacial score (nSPS) is 26.3. The van der Waals surface area contributed by atoms with E-state index in [1.807, 2.05) is 0 Å². The zero-order valence-corrected chi connectivity index (χ0v) is 13.8. The van der Waals surface area contributed by atoms with Crippen molar-refractivity contribution in [1.29, 1.82) is 0 Å². The fraction of sp³-hybridized carbons (Fsp3) is 0.636. The number of aliphatic hydroxyl groups excluding tert-OH is 1. The molecule has 12 heteroatoms. The lowest BCUT2D eigenvalue weighted by Crippen LogP contribution is -2.45. The molecule has 0 aliphatic carbocycles. The Morgan fingerprint density at radius 1 is 1.65 bits per heavy atom. The number of halogens is 1. The standard InChI is InChI=1S/C11H14BrN5O6/c1-5-4-17(10(20)14-9(5)19)7-3-6(18)8(22-7)11(12,21-2)23-16-15-13/h4,6-8,18H,3H2,1-2H3,(H,14,19,20)/t6-,7+,8-,11?/m0/s1. The van der Waals surface area contributed by atoms with Gasteiger partial charge in [0.2, 0.25) is 0 Å². The Hall–Kier alpha value is -1.85. The van der Waals surface area contributed by atoms with Gasteiger partial charge in [-0.1, -0.05) is 0 Å². The number of azide groups is 1. The number of ether oxygens (including phenoxy) is 2. The van der Waals surface area contributed by atoms with Crippen LogP contribution in [0.5, 0.6) is 0 Å². The molecule has 0 amide bonds. The highest BCUT2D eigenvalue weighted by atomic mass is 79.9. The zero-order valence-electron chi connectivity index (χ0n) is 12.2. The third-order valence-corrected chi connectivity index (χ3v) is 4.29. The van der Waals surface area contributed by atoms with Crippen molar-refractivity contribution in [2.45, 2.75) is 36.5 Å². The second kappa shape index (κ2) is 6.72. The molecule has 2 heterocycles. The Kier molecular flexibility index (Phi) is 5.12. The van der Waals surface area contributed by atoms with Crippen LogP contribution in [0, 0.1) is 6.92 Å². The Balaban J connectivity index is 2.31. The first-order valence-corrected chi connectivity index (χ1v) is 7.24. The van der Waals surface area contributed by atoms with Crippen molar-refractivity contribution in [2.75, 3.05) is 7.11 Å². The van der Waals surface area contributed by atoms with E-state index < -0.39 is 34.4 Å². The van der Waals surface area contributed by atoms with Crippen molar-refractivity contribution in [3.05, 3.63) is 43.0 Å². The fourth-order valence-electron chi connectivity index (χ4n) is 2.22. The molecule has 2 rings (SSSR count). The lowest BCUT2D eigenvalue weighted by molar-refractivity contribution is -0.231. The lowest BCUT2D eigenvalue weighted by Gasteiger charge is -2.30. The quantitative estimate of drug-likeness (QED) is 0.185. The largest absolute Gasteiger partial charge is 0.390 e. The number of hydrogen-bond acceptors (Lipinski definition) is 7. The third-order valence-electron chi connectivity index (χ3n) is 3.37. The number of aryl methyl sites for hydroxylation is 1. The number of aromatic amines is 1.